The molecule has 0 spiro atoms. The Hall–Kier alpha value is -0.350. The molecule has 1 aromatic heterocycles. The van der Waals surface area contributed by atoms with E-state index in [4.69, 9.17) is 11.6 Å². The molecule has 1 heterocycles. The van der Waals surface area contributed by atoms with Crippen molar-refractivity contribution in [1.29, 1.82) is 0 Å². The lowest BCUT2D eigenvalue weighted by atomic mass is 9.93. The van der Waals surface area contributed by atoms with Crippen molar-refractivity contribution in [1.82, 2.24) is 8.75 Å². The lowest BCUT2D eigenvalue weighted by molar-refractivity contribution is 0.391. The van der Waals surface area contributed by atoms with E-state index in [1.54, 1.807) is 0 Å². The van der Waals surface area contributed by atoms with Crippen molar-refractivity contribution < 1.29 is 0 Å². The van der Waals surface area contributed by atoms with Gasteiger partial charge in [0.2, 0.25) is 0 Å². The van der Waals surface area contributed by atoms with E-state index in [0.717, 1.165) is 23.5 Å². The number of nitrogens with one attached hydrogen (secondary N) is 1. The van der Waals surface area contributed by atoms with Gasteiger partial charge in [-0.05, 0) is 24.7 Å². The minimum atomic E-state index is 0.507. The third kappa shape index (κ3) is 2.26. The molecule has 0 aromatic carbocycles. The molecule has 0 aliphatic heterocycles. The fourth-order valence-corrected chi connectivity index (χ4v) is 3.13. The second-order valence-electron chi connectivity index (χ2n) is 4.26. The molecule has 2 rings (SSSR count). The number of aromatic nitrogens is 2. The smallest absolute Gasteiger partial charge is 0.186 e. The van der Waals surface area contributed by atoms with Crippen LogP contribution in [0, 0.1) is 11.8 Å². The molecule has 1 aliphatic rings. The Balaban J connectivity index is 1.99. The fourth-order valence-electron chi connectivity index (χ4n) is 2.47. The van der Waals surface area contributed by atoms with Gasteiger partial charge in [-0.1, -0.05) is 31.9 Å². The third-order valence-electron chi connectivity index (χ3n) is 3.52. The molecule has 84 valence electrons. The molecule has 3 atom stereocenters. The zero-order valence-corrected chi connectivity index (χ0v) is 10.6. The molecule has 1 saturated carbocycles. The number of anilines is 1. The van der Waals surface area contributed by atoms with Gasteiger partial charge in [0.25, 0.3) is 0 Å². The van der Waals surface area contributed by atoms with E-state index in [9.17, 15) is 0 Å². The van der Waals surface area contributed by atoms with Gasteiger partial charge in [0.05, 0.1) is 11.7 Å². The Bertz CT molecular complexity index is 328. The number of nitrogens with zero attached hydrogens (tertiary/aromatic N) is 2. The molecule has 3 nitrogen and oxygen atoms in total. The predicted octanol–water partition coefficient (Wildman–Crippen LogP) is 3.43. The van der Waals surface area contributed by atoms with Gasteiger partial charge in [-0.25, -0.2) is 0 Å². The Kier molecular flexibility index (Phi) is 3.46. The summed E-state index contributed by atoms with van der Waals surface area (Å²) in [6.45, 7) is 4.58. The van der Waals surface area contributed by atoms with Gasteiger partial charge < -0.3 is 5.32 Å². The van der Waals surface area contributed by atoms with Crippen LogP contribution in [0.1, 0.15) is 33.1 Å². The normalized spacial score (nSPS) is 30.7. The number of hydrogen-bond donors (Lipinski definition) is 1. The minimum Gasteiger partial charge on any atom is -0.364 e. The van der Waals surface area contributed by atoms with Crippen molar-refractivity contribution in [3.63, 3.8) is 0 Å². The molecule has 0 bridgehead atoms. The number of halogens is 1. The van der Waals surface area contributed by atoms with E-state index in [0.29, 0.717) is 17.1 Å². The SMILES string of the molecule is CCC1CCC(Nc2nsnc2Cl)C1C. The first-order valence-electron chi connectivity index (χ1n) is 5.47. The largest absolute Gasteiger partial charge is 0.364 e. The summed E-state index contributed by atoms with van der Waals surface area (Å²) in [6, 6.07) is 0.511. The summed E-state index contributed by atoms with van der Waals surface area (Å²) in [4.78, 5) is 0. The summed E-state index contributed by atoms with van der Waals surface area (Å²) in [6.07, 6.45) is 3.79. The summed E-state index contributed by atoms with van der Waals surface area (Å²) >= 11 is 7.07. The topological polar surface area (TPSA) is 37.8 Å². The van der Waals surface area contributed by atoms with Crippen molar-refractivity contribution in [3.8, 4) is 0 Å². The monoisotopic (exact) mass is 245 g/mol. The van der Waals surface area contributed by atoms with E-state index < -0.39 is 0 Å². The Morgan fingerprint density at radius 2 is 2.27 bits per heavy atom. The highest BCUT2D eigenvalue weighted by atomic mass is 35.5. The quantitative estimate of drug-likeness (QED) is 0.887. The van der Waals surface area contributed by atoms with E-state index in [1.165, 1.54) is 19.3 Å². The zero-order chi connectivity index (χ0) is 10.8. The number of hydrogen-bond acceptors (Lipinski definition) is 4. The maximum Gasteiger partial charge on any atom is 0.186 e. The molecule has 5 heteroatoms. The summed E-state index contributed by atoms with van der Waals surface area (Å²) in [5.41, 5.74) is 0. The molecule has 1 aromatic rings. The summed E-state index contributed by atoms with van der Waals surface area (Å²) in [5.74, 6) is 2.30. The second-order valence-corrected chi connectivity index (χ2v) is 5.15. The van der Waals surface area contributed by atoms with Gasteiger partial charge in [-0.2, -0.15) is 8.75 Å². The molecule has 1 N–H and O–H groups in total. The molecular weight excluding hydrogens is 230 g/mol. The van der Waals surface area contributed by atoms with Crippen LogP contribution in [0.25, 0.3) is 0 Å². The van der Waals surface area contributed by atoms with Crippen LogP contribution in [0.2, 0.25) is 5.15 Å². The summed E-state index contributed by atoms with van der Waals surface area (Å²) in [5, 5.41) is 3.91. The maximum absolute atomic E-state index is 5.91. The highest BCUT2D eigenvalue weighted by Gasteiger charge is 2.32. The highest BCUT2D eigenvalue weighted by molar-refractivity contribution is 6.99. The van der Waals surface area contributed by atoms with E-state index in [2.05, 4.69) is 27.9 Å². The van der Waals surface area contributed by atoms with Crippen LogP contribution in [0.15, 0.2) is 0 Å². The Labute approximate surface area is 99.6 Å². The van der Waals surface area contributed by atoms with Crippen molar-refractivity contribution in [3.05, 3.63) is 5.15 Å². The minimum absolute atomic E-state index is 0.507. The van der Waals surface area contributed by atoms with Crippen molar-refractivity contribution in [2.75, 3.05) is 5.32 Å². The van der Waals surface area contributed by atoms with Crippen LogP contribution >= 0.6 is 23.3 Å². The van der Waals surface area contributed by atoms with Gasteiger partial charge in [0.15, 0.2) is 11.0 Å². The molecule has 0 radical (unpaired) electrons. The molecule has 1 aliphatic carbocycles. The van der Waals surface area contributed by atoms with Crippen LogP contribution in [0.5, 0.6) is 0 Å². The first kappa shape index (κ1) is 11.1. The van der Waals surface area contributed by atoms with Crippen LogP contribution in [-0.4, -0.2) is 14.8 Å². The van der Waals surface area contributed by atoms with Crippen molar-refractivity contribution >= 4 is 29.1 Å². The average Bonchev–Trinajstić information content (AvgIpc) is 2.77. The van der Waals surface area contributed by atoms with Crippen molar-refractivity contribution in [2.45, 2.75) is 39.2 Å². The van der Waals surface area contributed by atoms with Crippen LogP contribution in [-0.2, 0) is 0 Å². The molecular formula is C10H16ClN3S. The van der Waals surface area contributed by atoms with Gasteiger partial charge in [0.1, 0.15) is 0 Å². The maximum atomic E-state index is 5.91. The highest BCUT2D eigenvalue weighted by Crippen LogP contribution is 2.36. The molecule has 15 heavy (non-hydrogen) atoms. The predicted molar refractivity (Wildman–Crippen MR) is 64.5 cm³/mol. The van der Waals surface area contributed by atoms with E-state index in [-0.39, 0.29) is 0 Å². The first-order chi connectivity index (χ1) is 7.22. The lowest BCUT2D eigenvalue weighted by Crippen LogP contribution is -2.24. The van der Waals surface area contributed by atoms with Gasteiger partial charge >= 0.3 is 0 Å². The summed E-state index contributed by atoms with van der Waals surface area (Å²) in [7, 11) is 0. The third-order valence-corrected chi connectivity index (χ3v) is 4.41. The Morgan fingerprint density at radius 1 is 1.47 bits per heavy atom. The van der Waals surface area contributed by atoms with Crippen LogP contribution < -0.4 is 5.32 Å². The summed E-state index contributed by atoms with van der Waals surface area (Å²) < 4.78 is 8.11. The molecule has 0 saturated heterocycles. The first-order valence-corrected chi connectivity index (χ1v) is 6.57. The van der Waals surface area contributed by atoms with Crippen LogP contribution in [0.4, 0.5) is 5.82 Å². The Morgan fingerprint density at radius 3 is 2.80 bits per heavy atom. The molecule has 3 unspecified atom stereocenters. The molecule has 1 fully saturated rings. The second kappa shape index (κ2) is 4.66. The standard InChI is InChI=1S/C10H16ClN3S/c1-3-7-4-5-8(6(7)2)12-10-9(11)13-15-14-10/h6-8H,3-5H2,1-2H3,(H,12,14). The fraction of sp³-hybridized carbons (Fsp3) is 0.800. The van der Waals surface area contributed by atoms with E-state index >= 15 is 0 Å². The molecule has 0 amide bonds. The van der Waals surface area contributed by atoms with Crippen LogP contribution in [0.3, 0.4) is 0 Å². The van der Waals surface area contributed by atoms with E-state index in [1.807, 2.05) is 0 Å². The number of rotatable bonds is 3. The van der Waals surface area contributed by atoms with Gasteiger partial charge in [-0.15, -0.1) is 0 Å². The van der Waals surface area contributed by atoms with Crippen molar-refractivity contribution in [2.24, 2.45) is 11.8 Å². The zero-order valence-electron chi connectivity index (χ0n) is 9.03. The lowest BCUT2D eigenvalue weighted by Gasteiger charge is -2.20. The average molecular weight is 246 g/mol. The van der Waals surface area contributed by atoms with Gasteiger partial charge in [-0.3, -0.25) is 0 Å². The van der Waals surface area contributed by atoms with Gasteiger partial charge in [0, 0.05) is 6.04 Å².